The number of benzene rings is 2. The zero-order chi connectivity index (χ0) is 19.5. The highest BCUT2D eigenvalue weighted by atomic mass is 32.1. The van der Waals surface area contributed by atoms with Gasteiger partial charge in [-0.1, -0.05) is 30.3 Å². The van der Waals surface area contributed by atoms with Crippen molar-refractivity contribution in [1.82, 2.24) is 15.6 Å². The van der Waals surface area contributed by atoms with Crippen LogP contribution in [0.15, 0.2) is 59.0 Å². The molecule has 4 aromatic rings. The number of thiophene rings is 1. The number of nitrogens with one attached hydrogen (secondary N) is 2. The topological polar surface area (TPSA) is 79.4 Å². The van der Waals surface area contributed by atoms with Gasteiger partial charge in [-0.3, -0.25) is 9.89 Å². The van der Waals surface area contributed by atoms with Crippen LogP contribution in [-0.2, 0) is 0 Å². The van der Waals surface area contributed by atoms with Crippen LogP contribution < -0.4 is 10.2 Å². The SMILES string of the molecule is COc1ccc2ccccc2c1-c1cc(C(=O)N/N=C/c2sccc2C)[nH]n1. The van der Waals surface area contributed by atoms with Gasteiger partial charge in [0.2, 0.25) is 0 Å². The third-order valence-corrected chi connectivity index (χ3v) is 5.39. The number of fused-ring (bicyclic) bond motifs is 1. The molecule has 0 bridgehead atoms. The number of H-pyrrole nitrogens is 1. The summed E-state index contributed by atoms with van der Waals surface area (Å²) in [5.41, 5.74) is 5.45. The van der Waals surface area contributed by atoms with Crippen molar-refractivity contribution in [2.24, 2.45) is 5.10 Å². The number of rotatable bonds is 5. The number of carbonyl (C=O) groups excluding carboxylic acids is 1. The predicted octanol–water partition coefficient (Wildman–Crippen LogP) is 4.37. The van der Waals surface area contributed by atoms with Crippen LogP contribution in [0.5, 0.6) is 5.75 Å². The van der Waals surface area contributed by atoms with Crippen LogP contribution in [0.2, 0.25) is 0 Å². The minimum Gasteiger partial charge on any atom is -0.496 e. The van der Waals surface area contributed by atoms with Gasteiger partial charge in [-0.25, -0.2) is 5.43 Å². The van der Waals surface area contributed by atoms with Crippen molar-refractivity contribution in [2.45, 2.75) is 6.92 Å². The molecule has 2 aromatic carbocycles. The monoisotopic (exact) mass is 390 g/mol. The molecule has 140 valence electrons. The Morgan fingerprint density at radius 1 is 1.25 bits per heavy atom. The summed E-state index contributed by atoms with van der Waals surface area (Å²) < 4.78 is 5.52. The standard InChI is InChI=1S/C21H18N4O2S/c1-13-9-10-28-19(13)12-22-25-21(26)17-11-16(23-24-17)20-15-6-4-3-5-14(15)7-8-18(20)27-2/h3-12H,1-2H3,(H,23,24)(H,25,26)/b22-12+. The van der Waals surface area contributed by atoms with E-state index in [0.29, 0.717) is 17.1 Å². The highest BCUT2D eigenvalue weighted by Gasteiger charge is 2.16. The second kappa shape index (κ2) is 7.66. The molecule has 2 aromatic heterocycles. The number of methoxy groups -OCH3 is 1. The summed E-state index contributed by atoms with van der Waals surface area (Å²) in [5.74, 6) is 0.340. The van der Waals surface area contributed by atoms with Crippen molar-refractivity contribution in [2.75, 3.05) is 7.11 Å². The third kappa shape index (κ3) is 3.39. The van der Waals surface area contributed by atoms with Gasteiger partial charge in [0.25, 0.3) is 5.91 Å². The van der Waals surface area contributed by atoms with E-state index >= 15 is 0 Å². The van der Waals surface area contributed by atoms with Gasteiger partial charge in [0.05, 0.1) is 24.6 Å². The second-order valence-electron chi connectivity index (χ2n) is 6.20. The van der Waals surface area contributed by atoms with E-state index in [9.17, 15) is 4.79 Å². The molecule has 28 heavy (non-hydrogen) atoms. The molecule has 2 heterocycles. The van der Waals surface area contributed by atoms with Crippen LogP contribution in [-0.4, -0.2) is 29.4 Å². The molecule has 4 rings (SSSR count). The summed E-state index contributed by atoms with van der Waals surface area (Å²) in [6.45, 7) is 2.00. The van der Waals surface area contributed by atoms with Crippen LogP contribution in [0, 0.1) is 6.92 Å². The first-order chi connectivity index (χ1) is 13.7. The fourth-order valence-corrected chi connectivity index (χ4v) is 3.76. The van der Waals surface area contributed by atoms with Crippen molar-refractivity contribution in [3.8, 4) is 17.0 Å². The number of carbonyl (C=O) groups is 1. The second-order valence-corrected chi connectivity index (χ2v) is 7.15. The first-order valence-corrected chi connectivity index (χ1v) is 9.54. The molecule has 7 heteroatoms. The van der Waals surface area contributed by atoms with Crippen molar-refractivity contribution >= 4 is 34.2 Å². The van der Waals surface area contributed by atoms with E-state index in [1.54, 1.807) is 30.7 Å². The van der Waals surface area contributed by atoms with E-state index in [0.717, 1.165) is 26.8 Å². The summed E-state index contributed by atoms with van der Waals surface area (Å²) in [5, 5.41) is 15.2. The minimum atomic E-state index is -0.358. The van der Waals surface area contributed by atoms with E-state index in [1.807, 2.05) is 54.8 Å². The molecule has 0 aliphatic carbocycles. The zero-order valence-electron chi connectivity index (χ0n) is 15.4. The molecular weight excluding hydrogens is 372 g/mol. The summed E-state index contributed by atoms with van der Waals surface area (Å²) in [7, 11) is 1.62. The van der Waals surface area contributed by atoms with Gasteiger partial charge in [-0.05, 0) is 46.8 Å². The molecular formula is C21H18N4O2S. The van der Waals surface area contributed by atoms with Crippen molar-refractivity contribution in [1.29, 1.82) is 0 Å². The first kappa shape index (κ1) is 17.9. The third-order valence-electron chi connectivity index (χ3n) is 4.44. The first-order valence-electron chi connectivity index (χ1n) is 8.66. The molecule has 0 aliphatic heterocycles. The lowest BCUT2D eigenvalue weighted by atomic mass is 10.0. The number of aryl methyl sites for hydroxylation is 1. The number of aromatic amines is 1. The van der Waals surface area contributed by atoms with Crippen LogP contribution >= 0.6 is 11.3 Å². The number of hydrazone groups is 1. The van der Waals surface area contributed by atoms with E-state index in [2.05, 4.69) is 20.7 Å². The van der Waals surface area contributed by atoms with Crippen LogP contribution in [0.25, 0.3) is 22.0 Å². The normalized spacial score (nSPS) is 11.2. The molecule has 1 amide bonds. The van der Waals surface area contributed by atoms with Gasteiger partial charge >= 0.3 is 0 Å². The van der Waals surface area contributed by atoms with Gasteiger partial charge in [0.15, 0.2) is 0 Å². The quantitative estimate of drug-likeness (QED) is 0.392. The molecule has 0 spiro atoms. The molecule has 0 saturated carbocycles. The molecule has 0 aliphatic rings. The van der Waals surface area contributed by atoms with Crippen molar-refractivity contribution < 1.29 is 9.53 Å². The lowest BCUT2D eigenvalue weighted by molar-refractivity contribution is 0.0950. The Labute approximate surface area is 165 Å². The highest BCUT2D eigenvalue weighted by molar-refractivity contribution is 7.11. The maximum Gasteiger partial charge on any atom is 0.289 e. The zero-order valence-corrected chi connectivity index (χ0v) is 16.2. The van der Waals surface area contributed by atoms with Crippen LogP contribution in [0.4, 0.5) is 0 Å². The van der Waals surface area contributed by atoms with E-state index in [4.69, 9.17) is 4.74 Å². The Hall–Kier alpha value is -3.45. The fraction of sp³-hybridized carbons (Fsp3) is 0.0952. The molecule has 2 N–H and O–H groups in total. The fourth-order valence-electron chi connectivity index (χ4n) is 2.98. The van der Waals surface area contributed by atoms with Gasteiger partial charge < -0.3 is 4.74 Å². The minimum absolute atomic E-state index is 0.324. The molecule has 0 atom stereocenters. The number of ether oxygens (including phenoxy) is 1. The summed E-state index contributed by atoms with van der Waals surface area (Å²) >= 11 is 1.57. The Morgan fingerprint density at radius 3 is 2.89 bits per heavy atom. The maximum absolute atomic E-state index is 12.4. The largest absolute Gasteiger partial charge is 0.496 e. The Morgan fingerprint density at radius 2 is 2.11 bits per heavy atom. The number of hydrogen-bond donors (Lipinski definition) is 2. The summed E-state index contributed by atoms with van der Waals surface area (Å²) in [6.07, 6.45) is 1.64. The lowest BCUT2D eigenvalue weighted by Gasteiger charge is -2.09. The Kier molecular flexibility index (Phi) is 4.90. The average Bonchev–Trinajstić information content (AvgIpc) is 3.36. The molecule has 0 fully saturated rings. The van der Waals surface area contributed by atoms with Gasteiger partial charge in [0, 0.05) is 4.88 Å². The van der Waals surface area contributed by atoms with Gasteiger partial charge in [0.1, 0.15) is 11.4 Å². The smallest absolute Gasteiger partial charge is 0.289 e. The van der Waals surface area contributed by atoms with Crippen LogP contribution in [0.1, 0.15) is 20.9 Å². The Balaban J connectivity index is 1.61. The van der Waals surface area contributed by atoms with Crippen LogP contribution in [0.3, 0.4) is 0 Å². The van der Waals surface area contributed by atoms with Crippen molar-refractivity contribution in [3.05, 3.63) is 70.0 Å². The Bertz CT molecular complexity index is 1180. The van der Waals surface area contributed by atoms with Gasteiger partial charge in [-0.2, -0.15) is 10.2 Å². The van der Waals surface area contributed by atoms with E-state index < -0.39 is 0 Å². The van der Waals surface area contributed by atoms with E-state index in [-0.39, 0.29) is 5.91 Å². The number of amides is 1. The van der Waals surface area contributed by atoms with Gasteiger partial charge in [-0.15, -0.1) is 11.3 Å². The molecule has 0 unspecified atom stereocenters. The molecule has 6 nitrogen and oxygen atoms in total. The molecule has 0 saturated heterocycles. The average molecular weight is 390 g/mol. The maximum atomic E-state index is 12.4. The summed E-state index contributed by atoms with van der Waals surface area (Å²) in [4.78, 5) is 13.4. The highest BCUT2D eigenvalue weighted by Crippen LogP contribution is 2.36. The number of nitrogens with zero attached hydrogens (tertiary/aromatic N) is 2. The van der Waals surface area contributed by atoms with Crippen molar-refractivity contribution in [3.63, 3.8) is 0 Å². The number of aromatic nitrogens is 2. The lowest BCUT2D eigenvalue weighted by Crippen LogP contribution is -2.17. The molecule has 0 radical (unpaired) electrons. The predicted molar refractivity (Wildman–Crippen MR) is 112 cm³/mol. The van der Waals surface area contributed by atoms with E-state index in [1.165, 1.54) is 0 Å². The summed E-state index contributed by atoms with van der Waals surface area (Å²) in [6, 6.07) is 15.6. The number of hydrogen-bond acceptors (Lipinski definition) is 5.